The summed E-state index contributed by atoms with van der Waals surface area (Å²) in [4.78, 5) is 15.6. The van der Waals surface area contributed by atoms with E-state index in [1.807, 2.05) is 0 Å². The van der Waals surface area contributed by atoms with Crippen LogP contribution in [0.25, 0.3) is 10.9 Å². The summed E-state index contributed by atoms with van der Waals surface area (Å²) in [7, 11) is 0. The Morgan fingerprint density at radius 1 is 1.47 bits per heavy atom. The number of nitrogens with zero attached hydrogens (tertiary/aromatic N) is 2. The molecule has 1 N–H and O–H groups in total. The lowest BCUT2D eigenvalue weighted by Crippen LogP contribution is -2.22. The predicted molar refractivity (Wildman–Crippen MR) is 53.0 cm³/mol. The van der Waals surface area contributed by atoms with Crippen LogP contribution in [0, 0.1) is 5.82 Å². The molecular formula is C10H9FN2O2. The molecule has 1 aromatic heterocycles. The van der Waals surface area contributed by atoms with Crippen LogP contribution in [0.15, 0.2) is 29.3 Å². The number of benzene rings is 1. The van der Waals surface area contributed by atoms with Gasteiger partial charge in [0.15, 0.2) is 0 Å². The molecule has 0 saturated carbocycles. The normalized spacial score (nSPS) is 10.8. The van der Waals surface area contributed by atoms with E-state index in [2.05, 4.69) is 4.98 Å². The second-order valence-electron chi connectivity index (χ2n) is 3.10. The molecule has 0 spiro atoms. The average Bonchev–Trinajstić information content (AvgIpc) is 2.23. The first-order valence-corrected chi connectivity index (χ1v) is 4.48. The van der Waals surface area contributed by atoms with Crippen molar-refractivity contribution in [1.82, 2.24) is 9.55 Å². The van der Waals surface area contributed by atoms with Crippen molar-refractivity contribution in [3.05, 3.63) is 40.7 Å². The lowest BCUT2D eigenvalue weighted by molar-refractivity contribution is 0.274. The Bertz CT molecular complexity index is 551. The van der Waals surface area contributed by atoms with Gasteiger partial charge in [-0.05, 0) is 12.1 Å². The van der Waals surface area contributed by atoms with Crippen molar-refractivity contribution < 1.29 is 9.50 Å². The van der Waals surface area contributed by atoms with Crippen LogP contribution in [0.3, 0.4) is 0 Å². The van der Waals surface area contributed by atoms with E-state index in [9.17, 15) is 9.18 Å². The fraction of sp³-hybridized carbons (Fsp3) is 0.200. The summed E-state index contributed by atoms with van der Waals surface area (Å²) < 4.78 is 14.5. The maximum absolute atomic E-state index is 13.2. The standard InChI is InChI=1S/C10H9FN2O2/c11-8-3-1-2-7-9(8)12-6-13(4-5-14)10(7)15/h1-3,6,14H,4-5H2. The van der Waals surface area contributed by atoms with Gasteiger partial charge in [0, 0.05) is 0 Å². The molecule has 1 heterocycles. The third-order valence-electron chi connectivity index (χ3n) is 2.15. The zero-order valence-corrected chi connectivity index (χ0v) is 7.85. The molecule has 0 unspecified atom stereocenters. The Morgan fingerprint density at radius 2 is 2.27 bits per heavy atom. The smallest absolute Gasteiger partial charge is 0.261 e. The SMILES string of the molecule is O=c1c2cccc(F)c2ncn1CCO. The average molecular weight is 208 g/mol. The molecular weight excluding hydrogens is 199 g/mol. The minimum atomic E-state index is -0.513. The largest absolute Gasteiger partial charge is 0.395 e. The van der Waals surface area contributed by atoms with E-state index >= 15 is 0 Å². The summed E-state index contributed by atoms with van der Waals surface area (Å²) in [5.74, 6) is -0.513. The Morgan fingerprint density at radius 3 is 3.00 bits per heavy atom. The van der Waals surface area contributed by atoms with Crippen molar-refractivity contribution >= 4 is 10.9 Å². The van der Waals surface area contributed by atoms with E-state index in [1.165, 1.54) is 29.1 Å². The van der Waals surface area contributed by atoms with Crippen LogP contribution < -0.4 is 5.56 Å². The number of rotatable bonds is 2. The van der Waals surface area contributed by atoms with Gasteiger partial charge in [-0.25, -0.2) is 9.37 Å². The fourth-order valence-corrected chi connectivity index (χ4v) is 1.42. The second kappa shape index (κ2) is 3.78. The molecule has 78 valence electrons. The Labute approximate surface area is 84.6 Å². The number of para-hydroxylation sites is 1. The molecule has 0 radical (unpaired) electrons. The lowest BCUT2D eigenvalue weighted by atomic mass is 10.2. The first kappa shape index (κ1) is 9.79. The molecule has 0 amide bonds. The molecule has 0 atom stereocenters. The van der Waals surface area contributed by atoms with E-state index in [-0.39, 0.29) is 29.6 Å². The molecule has 15 heavy (non-hydrogen) atoms. The maximum Gasteiger partial charge on any atom is 0.261 e. The van der Waals surface area contributed by atoms with E-state index < -0.39 is 5.82 Å². The first-order valence-electron chi connectivity index (χ1n) is 4.48. The van der Waals surface area contributed by atoms with Crippen LogP contribution >= 0.6 is 0 Å². The molecule has 0 aliphatic heterocycles. The van der Waals surface area contributed by atoms with Crippen molar-refractivity contribution in [1.29, 1.82) is 0 Å². The molecule has 2 aromatic rings. The van der Waals surface area contributed by atoms with Gasteiger partial charge in [0.25, 0.3) is 5.56 Å². The fourth-order valence-electron chi connectivity index (χ4n) is 1.42. The number of aliphatic hydroxyl groups excluding tert-OH is 1. The molecule has 5 heteroatoms. The predicted octanol–water partition coefficient (Wildman–Crippen LogP) is 0.528. The lowest BCUT2D eigenvalue weighted by Gasteiger charge is -2.04. The number of aromatic nitrogens is 2. The van der Waals surface area contributed by atoms with Gasteiger partial charge in [0.1, 0.15) is 11.3 Å². The van der Waals surface area contributed by atoms with Crippen LogP contribution in [0.4, 0.5) is 4.39 Å². The maximum atomic E-state index is 13.2. The molecule has 0 aliphatic rings. The van der Waals surface area contributed by atoms with E-state index in [0.717, 1.165) is 0 Å². The third kappa shape index (κ3) is 1.61. The van der Waals surface area contributed by atoms with Gasteiger partial charge in [0.2, 0.25) is 0 Å². The summed E-state index contributed by atoms with van der Waals surface area (Å²) in [6.07, 6.45) is 1.24. The van der Waals surface area contributed by atoms with Gasteiger partial charge in [-0.1, -0.05) is 6.07 Å². The molecule has 4 nitrogen and oxygen atoms in total. The van der Waals surface area contributed by atoms with Crippen molar-refractivity contribution in [2.24, 2.45) is 0 Å². The van der Waals surface area contributed by atoms with Gasteiger partial charge >= 0.3 is 0 Å². The zero-order chi connectivity index (χ0) is 10.8. The monoisotopic (exact) mass is 208 g/mol. The van der Waals surface area contributed by atoms with E-state index in [0.29, 0.717) is 0 Å². The summed E-state index contributed by atoms with van der Waals surface area (Å²) in [5, 5.41) is 8.94. The minimum Gasteiger partial charge on any atom is -0.395 e. The highest BCUT2D eigenvalue weighted by Gasteiger charge is 2.06. The summed E-state index contributed by atoms with van der Waals surface area (Å²) in [6, 6.07) is 4.23. The Balaban J connectivity index is 2.75. The summed E-state index contributed by atoms with van der Waals surface area (Å²) in [5.41, 5.74) is -0.273. The molecule has 0 saturated heterocycles. The summed E-state index contributed by atoms with van der Waals surface area (Å²) in [6.45, 7) is 0.0146. The third-order valence-corrected chi connectivity index (χ3v) is 2.15. The van der Waals surface area contributed by atoms with Crippen molar-refractivity contribution in [2.75, 3.05) is 6.61 Å². The van der Waals surface area contributed by atoms with Gasteiger partial charge in [-0.15, -0.1) is 0 Å². The first-order chi connectivity index (χ1) is 7.24. The van der Waals surface area contributed by atoms with Gasteiger partial charge in [-0.2, -0.15) is 0 Å². The highest BCUT2D eigenvalue weighted by molar-refractivity contribution is 5.77. The Hall–Kier alpha value is -1.75. The van der Waals surface area contributed by atoms with E-state index in [4.69, 9.17) is 5.11 Å². The number of fused-ring (bicyclic) bond motifs is 1. The Kier molecular flexibility index (Phi) is 2.47. The second-order valence-corrected chi connectivity index (χ2v) is 3.10. The highest BCUT2D eigenvalue weighted by atomic mass is 19.1. The molecule has 0 fully saturated rings. The number of hydrogen-bond acceptors (Lipinski definition) is 3. The number of hydrogen-bond donors (Lipinski definition) is 1. The summed E-state index contributed by atoms with van der Waals surface area (Å²) >= 11 is 0. The van der Waals surface area contributed by atoms with Crippen LogP contribution in [-0.2, 0) is 6.54 Å². The quantitative estimate of drug-likeness (QED) is 0.783. The molecule has 0 aliphatic carbocycles. The molecule has 2 rings (SSSR count). The number of halogens is 1. The van der Waals surface area contributed by atoms with Crippen molar-refractivity contribution in [3.8, 4) is 0 Å². The highest BCUT2D eigenvalue weighted by Crippen LogP contribution is 2.10. The topological polar surface area (TPSA) is 55.1 Å². The van der Waals surface area contributed by atoms with Crippen LogP contribution in [0.2, 0.25) is 0 Å². The van der Waals surface area contributed by atoms with Crippen LogP contribution in [0.5, 0.6) is 0 Å². The van der Waals surface area contributed by atoms with Crippen LogP contribution in [-0.4, -0.2) is 21.3 Å². The zero-order valence-electron chi connectivity index (χ0n) is 7.85. The van der Waals surface area contributed by atoms with Gasteiger partial charge < -0.3 is 5.11 Å². The minimum absolute atomic E-state index is 0.0664. The number of aliphatic hydroxyl groups is 1. The van der Waals surface area contributed by atoms with Gasteiger partial charge in [-0.3, -0.25) is 9.36 Å². The molecule has 1 aromatic carbocycles. The van der Waals surface area contributed by atoms with Crippen LogP contribution in [0.1, 0.15) is 0 Å². The molecule has 0 bridgehead atoms. The van der Waals surface area contributed by atoms with Crippen molar-refractivity contribution in [2.45, 2.75) is 6.54 Å². The van der Waals surface area contributed by atoms with Gasteiger partial charge in [0.05, 0.1) is 24.9 Å². The van der Waals surface area contributed by atoms with Crippen molar-refractivity contribution in [3.63, 3.8) is 0 Å². The van der Waals surface area contributed by atoms with E-state index in [1.54, 1.807) is 0 Å².